The number of Topliss-reactive ketones (excluding diaryl/α,β-unsaturated/α-hetero) is 2. The number of hydrogen-bond donors (Lipinski definition) is 1. The van der Waals surface area contributed by atoms with E-state index >= 15 is 0 Å². The van der Waals surface area contributed by atoms with Gasteiger partial charge in [-0.15, -0.1) is 0 Å². The molecule has 0 heterocycles. The van der Waals surface area contributed by atoms with Gasteiger partial charge in [0.25, 0.3) is 0 Å². The molecule has 1 aliphatic rings. The van der Waals surface area contributed by atoms with E-state index < -0.39 is 0 Å². The van der Waals surface area contributed by atoms with Crippen LogP contribution in [0.1, 0.15) is 40.5 Å². The summed E-state index contributed by atoms with van der Waals surface area (Å²) in [5.74, 6) is -0.659. The summed E-state index contributed by atoms with van der Waals surface area (Å²) in [4.78, 5) is 35.2. The third-order valence-electron chi connectivity index (χ3n) is 2.93. The molecule has 92 valence electrons. The minimum atomic E-state index is -0.260. The van der Waals surface area contributed by atoms with Crippen LogP contribution in [-0.4, -0.2) is 17.5 Å². The van der Waals surface area contributed by atoms with Crippen LogP contribution < -0.4 is 5.32 Å². The number of hydrogen-bond acceptors (Lipinski definition) is 3. The van der Waals surface area contributed by atoms with Gasteiger partial charge in [0, 0.05) is 23.1 Å². The molecule has 1 aliphatic carbocycles. The van der Waals surface area contributed by atoms with Crippen molar-refractivity contribution in [3.05, 3.63) is 22.4 Å². The van der Waals surface area contributed by atoms with Crippen molar-refractivity contribution in [3.8, 4) is 0 Å². The second-order valence-corrected chi connectivity index (χ2v) is 4.21. The first-order chi connectivity index (χ1) is 7.90. The Labute approximate surface area is 101 Å². The van der Waals surface area contributed by atoms with Crippen LogP contribution in [0.5, 0.6) is 0 Å². The van der Waals surface area contributed by atoms with Gasteiger partial charge in [0.1, 0.15) is 0 Å². The van der Waals surface area contributed by atoms with Crippen LogP contribution in [0.3, 0.4) is 0 Å². The lowest BCUT2D eigenvalue weighted by Gasteiger charge is -2.18. The lowest BCUT2D eigenvalue weighted by atomic mass is 9.89. The molecule has 0 saturated carbocycles. The maximum absolute atomic E-state index is 11.9. The van der Waals surface area contributed by atoms with Crippen molar-refractivity contribution in [1.82, 2.24) is 5.32 Å². The minimum Gasteiger partial charge on any atom is -0.322 e. The standard InChI is InChI=1S/C13H17NO3/c1-5-6-10(15)14-11-9(4)12(16)7(2)8(3)13(11)17/h5-6H2,1-4H3,(H,14,15). The molecule has 4 nitrogen and oxygen atoms in total. The highest BCUT2D eigenvalue weighted by atomic mass is 16.2. The molecule has 0 aromatic heterocycles. The monoisotopic (exact) mass is 235 g/mol. The quantitative estimate of drug-likeness (QED) is 0.757. The molecular weight excluding hydrogens is 218 g/mol. The van der Waals surface area contributed by atoms with Crippen molar-refractivity contribution >= 4 is 17.5 Å². The van der Waals surface area contributed by atoms with Crippen molar-refractivity contribution in [1.29, 1.82) is 0 Å². The molecule has 1 rings (SSSR count). The third-order valence-corrected chi connectivity index (χ3v) is 2.93. The summed E-state index contributed by atoms with van der Waals surface area (Å²) < 4.78 is 0. The van der Waals surface area contributed by atoms with Crippen LogP contribution in [0.2, 0.25) is 0 Å². The van der Waals surface area contributed by atoms with Gasteiger partial charge >= 0.3 is 0 Å². The highest BCUT2D eigenvalue weighted by molar-refractivity contribution is 6.25. The molecule has 0 bridgehead atoms. The van der Waals surface area contributed by atoms with E-state index in [1.54, 1.807) is 20.8 Å². The molecule has 0 fully saturated rings. The van der Waals surface area contributed by atoms with Gasteiger partial charge in [0.05, 0.1) is 5.70 Å². The Balaban J connectivity index is 3.03. The molecule has 0 aliphatic heterocycles. The molecule has 0 aromatic carbocycles. The fraction of sp³-hybridized carbons (Fsp3) is 0.462. The second-order valence-electron chi connectivity index (χ2n) is 4.21. The Morgan fingerprint density at radius 1 is 1.00 bits per heavy atom. The molecule has 1 amide bonds. The summed E-state index contributed by atoms with van der Waals surface area (Å²) in [5, 5.41) is 2.54. The van der Waals surface area contributed by atoms with Crippen molar-refractivity contribution in [2.24, 2.45) is 0 Å². The summed E-state index contributed by atoms with van der Waals surface area (Å²) in [6.45, 7) is 6.68. The number of carbonyl (C=O) groups excluding carboxylic acids is 3. The molecule has 0 atom stereocenters. The zero-order valence-electron chi connectivity index (χ0n) is 10.6. The fourth-order valence-electron chi connectivity index (χ4n) is 1.67. The Kier molecular flexibility index (Phi) is 3.99. The maximum Gasteiger partial charge on any atom is 0.224 e. The molecule has 4 heteroatoms. The number of rotatable bonds is 3. The molecule has 17 heavy (non-hydrogen) atoms. The van der Waals surface area contributed by atoms with Gasteiger partial charge < -0.3 is 5.32 Å². The zero-order chi connectivity index (χ0) is 13.2. The smallest absolute Gasteiger partial charge is 0.224 e. The van der Waals surface area contributed by atoms with Crippen molar-refractivity contribution in [2.75, 3.05) is 0 Å². The maximum atomic E-state index is 11.9. The molecule has 0 saturated heterocycles. The van der Waals surface area contributed by atoms with E-state index in [0.717, 1.165) is 0 Å². The van der Waals surface area contributed by atoms with Crippen LogP contribution >= 0.6 is 0 Å². The van der Waals surface area contributed by atoms with E-state index in [1.165, 1.54) is 0 Å². The lowest BCUT2D eigenvalue weighted by Crippen LogP contribution is -2.33. The van der Waals surface area contributed by atoms with Gasteiger partial charge in [0.2, 0.25) is 11.7 Å². The number of amides is 1. The van der Waals surface area contributed by atoms with Crippen molar-refractivity contribution in [2.45, 2.75) is 40.5 Å². The number of ketones is 2. The van der Waals surface area contributed by atoms with Gasteiger partial charge in [-0.2, -0.15) is 0 Å². The number of carbonyl (C=O) groups is 3. The number of nitrogens with one attached hydrogen (secondary N) is 1. The average Bonchev–Trinajstić information content (AvgIpc) is 2.30. The topological polar surface area (TPSA) is 63.2 Å². The van der Waals surface area contributed by atoms with Gasteiger partial charge in [-0.1, -0.05) is 6.92 Å². The fourth-order valence-corrected chi connectivity index (χ4v) is 1.67. The normalized spacial score (nSPS) is 16.7. The van der Waals surface area contributed by atoms with Gasteiger partial charge in [-0.25, -0.2) is 0 Å². The van der Waals surface area contributed by atoms with E-state index in [1.807, 2.05) is 6.92 Å². The van der Waals surface area contributed by atoms with Gasteiger partial charge in [-0.3, -0.25) is 14.4 Å². The lowest BCUT2D eigenvalue weighted by molar-refractivity contribution is -0.122. The van der Waals surface area contributed by atoms with Crippen LogP contribution in [0.4, 0.5) is 0 Å². The van der Waals surface area contributed by atoms with E-state index in [0.29, 0.717) is 29.6 Å². The summed E-state index contributed by atoms with van der Waals surface area (Å²) >= 11 is 0. The summed E-state index contributed by atoms with van der Waals surface area (Å²) in [6, 6.07) is 0. The van der Waals surface area contributed by atoms with E-state index in [2.05, 4.69) is 5.32 Å². The zero-order valence-corrected chi connectivity index (χ0v) is 10.6. The Morgan fingerprint density at radius 2 is 1.53 bits per heavy atom. The Bertz CT molecular complexity index is 455. The summed E-state index contributed by atoms with van der Waals surface area (Å²) in [7, 11) is 0. The highest BCUT2D eigenvalue weighted by Gasteiger charge is 2.28. The van der Waals surface area contributed by atoms with Gasteiger partial charge in [0.15, 0.2) is 5.78 Å². The average molecular weight is 235 g/mol. The Morgan fingerprint density at radius 3 is 2.06 bits per heavy atom. The second kappa shape index (κ2) is 5.08. The molecular formula is C13H17NO3. The summed E-state index contributed by atoms with van der Waals surface area (Å²) in [5.41, 5.74) is 1.33. The Hall–Kier alpha value is -1.71. The molecule has 1 N–H and O–H groups in total. The predicted molar refractivity (Wildman–Crippen MR) is 64.1 cm³/mol. The van der Waals surface area contributed by atoms with Crippen LogP contribution in [-0.2, 0) is 14.4 Å². The largest absolute Gasteiger partial charge is 0.322 e. The van der Waals surface area contributed by atoms with Gasteiger partial charge in [-0.05, 0) is 27.2 Å². The molecule has 0 spiro atoms. The number of allylic oxidation sites excluding steroid dienone is 3. The molecule has 0 aromatic rings. The van der Waals surface area contributed by atoms with E-state index in [-0.39, 0.29) is 23.2 Å². The molecule has 0 radical (unpaired) electrons. The van der Waals surface area contributed by atoms with Crippen molar-refractivity contribution in [3.63, 3.8) is 0 Å². The summed E-state index contributed by atoms with van der Waals surface area (Å²) in [6.07, 6.45) is 1.05. The third kappa shape index (κ3) is 2.52. The molecule has 0 unspecified atom stereocenters. The SMILES string of the molecule is CCCC(=O)NC1=C(C)C(=O)C(C)=C(C)C1=O. The van der Waals surface area contributed by atoms with Crippen LogP contribution in [0, 0.1) is 0 Å². The first kappa shape index (κ1) is 13.4. The van der Waals surface area contributed by atoms with Crippen molar-refractivity contribution < 1.29 is 14.4 Å². The van der Waals surface area contributed by atoms with Crippen LogP contribution in [0.15, 0.2) is 22.4 Å². The van der Waals surface area contributed by atoms with E-state index in [9.17, 15) is 14.4 Å². The minimum absolute atomic E-state index is 0.136. The van der Waals surface area contributed by atoms with E-state index in [4.69, 9.17) is 0 Å². The predicted octanol–water partition coefficient (Wildman–Crippen LogP) is 1.66. The first-order valence-corrected chi connectivity index (χ1v) is 5.67. The highest BCUT2D eigenvalue weighted by Crippen LogP contribution is 2.22. The van der Waals surface area contributed by atoms with Crippen LogP contribution in [0.25, 0.3) is 0 Å². The first-order valence-electron chi connectivity index (χ1n) is 5.67.